The molecule has 0 aliphatic carbocycles. The van der Waals surface area contributed by atoms with E-state index in [2.05, 4.69) is 119 Å². The van der Waals surface area contributed by atoms with Crippen LogP contribution in [0.3, 0.4) is 0 Å². The molecule has 0 saturated carbocycles. The molecule has 1 radical (unpaired) electrons. The van der Waals surface area contributed by atoms with E-state index in [1.807, 2.05) is 60.1 Å². The molecule has 0 saturated heterocycles. The van der Waals surface area contributed by atoms with E-state index in [1.54, 1.807) is 0 Å². The molecular formula is C38H32GeIrN2S-2. The van der Waals surface area contributed by atoms with Crippen LogP contribution in [0, 0.1) is 19.1 Å². The minimum Gasteiger partial charge on any atom is 0 e. The van der Waals surface area contributed by atoms with Crippen LogP contribution in [0.4, 0.5) is 0 Å². The predicted octanol–water partition coefficient (Wildman–Crippen LogP) is 9.98. The van der Waals surface area contributed by atoms with Gasteiger partial charge in [0.2, 0.25) is 0 Å². The van der Waals surface area contributed by atoms with Gasteiger partial charge in [-0.2, -0.15) is 11.3 Å². The Morgan fingerprint density at radius 3 is 2.16 bits per heavy atom. The minimum atomic E-state index is -1.72. The molecule has 0 aliphatic rings. The number of rotatable bonds is 4. The fourth-order valence-corrected chi connectivity index (χ4v) is 8.53. The number of thiophene rings is 1. The van der Waals surface area contributed by atoms with E-state index in [0.29, 0.717) is 0 Å². The Morgan fingerprint density at radius 1 is 0.674 bits per heavy atom. The molecular weight excluding hydrogens is 781 g/mol. The number of fused-ring (bicyclic) bond motifs is 3. The van der Waals surface area contributed by atoms with Crippen molar-refractivity contribution in [3.8, 4) is 33.6 Å². The number of hydrogen-bond donors (Lipinski definition) is 0. The Kier molecular flexibility index (Phi) is 9.73. The first-order valence-electron chi connectivity index (χ1n) is 14.2. The van der Waals surface area contributed by atoms with Crippen molar-refractivity contribution in [3.05, 3.63) is 139 Å². The maximum absolute atomic E-state index is 4.59. The number of aryl methyl sites for hydroxylation is 1. The maximum atomic E-state index is 4.59. The molecule has 0 fully saturated rings. The molecule has 0 unspecified atom stereocenters. The molecule has 3 aromatic heterocycles. The largest absolute Gasteiger partial charge is 0 e. The Hall–Kier alpha value is -3.41. The zero-order valence-electron chi connectivity index (χ0n) is 24.7. The summed E-state index contributed by atoms with van der Waals surface area (Å²) in [6.07, 6.45) is 3.91. The molecule has 0 atom stereocenters. The first-order valence-corrected chi connectivity index (χ1v) is 22.3. The van der Waals surface area contributed by atoms with E-state index in [4.69, 9.17) is 0 Å². The second kappa shape index (κ2) is 13.5. The van der Waals surface area contributed by atoms with Gasteiger partial charge < -0.3 is 4.98 Å². The summed E-state index contributed by atoms with van der Waals surface area (Å²) < 4.78 is 4.02. The SMILES string of the molecule is Cc1ccnc(-c2[c-]ccc3c2sc2c(-c4ccccc4)cccc23)c1.[CH3][Ge]([CH3])([CH3])[c]1ccc(-c2[c-]cccc2)nc1.[Ir]. The predicted molar refractivity (Wildman–Crippen MR) is 183 cm³/mol. The second-order valence-electron chi connectivity index (χ2n) is 11.4. The fraction of sp³-hybridized carbons (Fsp3) is 0.105. The number of nitrogens with zero attached hydrogens (tertiary/aromatic N) is 2. The average Bonchev–Trinajstić information content (AvgIpc) is 3.41. The van der Waals surface area contributed by atoms with Gasteiger partial charge in [-0.05, 0) is 39.9 Å². The summed E-state index contributed by atoms with van der Waals surface area (Å²) >= 11 is 0.123. The van der Waals surface area contributed by atoms with E-state index >= 15 is 0 Å². The van der Waals surface area contributed by atoms with Crippen LogP contribution in [0.25, 0.3) is 53.8 Å². The molecule has 0 aliphatic heterocycles. The third-order valence-electron chi connectivity index (χ3n) is 7.33. The van der Waals surface area contributed by atoms with Crippen molar-refractivity contribution in [2.45, 2.75) is 24.2 Å². The monoisotopic (exact) mass is 815 g/mol. The normalized spacial score (nSPS) is 11.1. The number of hydrogen-bond acceptors (Lipinski definition) is 3. The van der Waals surface area contributed by atoms with Crippen molar-refractivity contribution in [3.63, 3.8) is 0 Å². The van der Waals surface area contributed by atoms with E-state index in [9.17, 15) is 0 Å². The summed E-state index contributed by atoms with van der Waals surface area (Å²) in [6.45, 7) is 2.10. The number of benzene rings is 4. The Balaban J connectivity index is 0.000000188. The molecule has 215 valence electrons. The Bertz CT molecular complexity index is 1960. The molecule has 43 heavy (non-hydrogen) atoms. The third kappa shape index (κ3) is 6.89. The summed E-state index contributed by atoms with van der Waals surface area (Å²) in [5.41, 5.74) is 7.91. The third-order valence-corrected chi connectivity index (χ3v) is 12.9. The van der Waals surface area contributed by atoms with Gasteiger partial charge in [-0.3, -0.25) is 0 Å². The first-order chi connectivity index (χ1) is 20.4. The van der Waals surface area contributed by atoms with Gasteiger partial charge in [0.15, 0.2) is 0 Å². The average molecular weight is 814 g/mol. The summed E-state index contributed by atoms with van der Waals surface area (Å²) in [6, 6.07) is 44.4. The minimum absolute atomic E-state index is 0. The summed E-state index contributed by atoms with van der Waals surface area (Å²) in [5, 5.41) is 2.58. The molecule has 0 amide bonds. The van der Waals surface area contributed by atoms with E-state index in [0.717, 1.165) is 22.5 Å². The van der Waals surface area contributed by atoms with E-state index in [-0.39, 0.29) is 20.1 Å². The quantitative estimate of drug-likeness (QED) is 0.131. The van der Waals surface area contributed by atoms with Gasteiger partial charge in [-0.15, -0.1) is 23.8 Å². The van der Waals surface area contributed by atoms with Gasteiger partial charge in [-0.1, -0.05) is 65.5 Å². The standard InChI is InChI=1S/C24H16NS.C14H16GeN.Ir/c1-16-13-14-25-22(15-16)21-12-6-11-20-19-10-5-9-18(23(19)26-24(20)21)17-7-3-2-4-8-17;1-15(2,3)13-9-10-14(16-11-13)12-7-5-4-6-8-12;/h2-11,13-15H,1H3;4-7,9-11H,1-3H3;/q2*-1;. The molecule has 7 rings (SSSR count). The summed E-state index contributed by atoms with van der Waals surface area (Å²) in [7, 11) is 0. The van der Waals surface area contributed by atoms with Crippen LogP contribution < -0.4 is 4.40 Å². The topological polar surface area (TPSA) is 25.8 Å². The zero-order valence-corrected chi connectivity index (χ0v) is 30.0. The van der Waals surface area contributed by atoms with E-state index < -0.39 is 13.3 Å². The first kappa shape index (κ1) is 31.0. The van der Waals surface area contributed by atoms with Crippen LogP contribution in [-0.2, 0) is 20.1 Å². The molecule has 0 N–H and O–H groups in total. The summed E-state index contributed by atoms with van der Waals surface area (Å²) in [4.78, 5) is 9.12. The molecule has 0 bridgehead atoms. The molecule has 3 heterocycles. The van der Waals surface area contributed by atoms with Crippen LogP contribution in [0.2, 0.25) is 17.3 Å². The Morgan fingerprint density at radius 2 is 1.47 bits per heavy atom. The summed E-state index contributed by atoms with van der Waals surface area (Å²) in [5.74, 6) is 7.14. The Labute approximate surface area is 274 Å². The smallest absolute Gasteiger partial charge is 0 e. The van der Waals surface area contributed by atoms with Crippen LogP contribution in [0.1, 0.15) is 5.56 Å². The van der Waals surface area contributed by atoms with Gasteiger partial charge in [0.05, 0.1) is 0 Å². The van der Waals surface area contributed by atoms with Crippen molar-refractivity contribution in [1.29, 1.82) is 0 Å². The van der Waals surface area contributed by atoms with Crippen molar-refractivity contribution in [2.24, 2.45) is 0 Å². The van der Waals surface area contributed by atoms with Crippen molar-refractivity contribution >= 4 is 49.2 Å². The molecule has 7 aromatic rings. The van der Waals surface area contributed by atoms with Crippen molar-refractivity contribution < 1.29 is 20.1 Å². The second-order valence-corrected chi connectivity index (χ2v) is 23.1. The zero-order chi connectivity index (χ0) is 29.1. The number of aromatic nitrogens is 2. The van der Waals surface area contributed by atoms with Gasteiger partial charge in [0.25, 0.3) is 0 Å². The van der Waals surface area contributed by atoms with Gasteiger partial charge in [0, 0.05) is 31.0 Å². The van der Waals surface area contributed by atoms with Crippen molar-refractivity contribution in [2.75, 3.05) is 0 Å². The van der Waals surface area contributed by atoms with Gasteiger partial charge >= 0.3 is 99.8 Å². The van der Waals surface area contributed by atoms with E-state index in [1.165, 1.54) is 41.3 Å². The van der Waals surface area contributed by atoms with Crippen LogP contribution >= 0.6 is 11.3 Å². The van der Waals surface area contributed by atoms with Crippen LogP contribution in [0.15, 0.2) is 122 Å². The van der Waals surface area contributed by atoms with Crippen LogP contribution in [0.5, 0.6) is 0 Å². The molecule has 4 aromatic carbocycles. The molecule has 0 spiro atoms. The molecule has 5 heteroatoms. The van der Waals surface area contributed by atoms with Gasteiger partial charge in [0.1, 0.15) is 0 Å². The van der Waals surface area contributed by atoms with Crippen LogP contribution in [-0.4, -0.2) is 23.2 Å². The van der Waals surface area contributed by atoms with Crippen molar-refractivity contribution in [1.82, 2.24) is 9.97 Å². The van der Waals surface area contributed by atoms with Gasteiger partial charge in [-0.25, -0.2) is 0 Å². The maximum Gasteiger partial charge on any atom is 0 e. The fourth-order valence-electron chi connectivity index (χ4n) is 5.02. The molecule has 2 nitrogen and oxygen atoms in total. The number of pyridine rings is 2.